The van der Waals surface area contributed by atoms with Gasteiger partial charge in [0.25, 0.3) is 5.91 Å². The number of nitrogens with two attached hydrogens (primary N) is 2. The number of aryl methyl sites for hydroxylation is 1. The van der Waals surface area contributed by atoms with Crippen molar-refractivity contribution in [2.24, 2.45) is 0 Å². The zero-order valence-corrected chi connectivity index (χ0v) is 12.2. The van der Waals surface area contributed by atoms with Crippen LogP contribution in [0.2, 0.25) is 0 Å². The fraction of sp³-hybridized carbons (Fsp3) is 0.235. The van der Waals surface area contributed by atoms with Crippen LogP contribution in [0.5, 0.6) is 0 Å². The number of hydrogen-bond acceptors (Lipinski definition) is 3. The molecule has 0 atom stereocenters. The van der Waals surface area contributed by atoms with Gasteiger partial charge in [-0.3, -0.25) is 4.79 Å². The number of rotatable bonds is 5. The van der Waals surface area contributed by atoms with Crippen molar-refractivity contribution in [1.29, 1.82) is 0 Å². The first kappa shape index (κ1) is 14.9. The third kappa shape index (κ3) is 3.99. The van der Waals surface area contributed by atoms with Crippen molar-refractivity contribution >= 4 is 23.0 Å². The van der Waals surface area contributed by atoms with E-state index in [1.807, 2.05) is 24.3 Å². The summed E-state index contributed by atoms with van der Waals surface area (Å²) in [5, 5.41) is 2.85. The van der Waals surface area contributed by atoms with Crippen molar-refractivity contribution in [3.63, 3.8) is 0 Å². The van der Waals surface area contributed by atoms with Crippen LogP contribution in [0.25, 0.3) is 0 Å². The summed E-state index contributed by atoms with van der Waals surface area (Å²) >= 11 is 0. The van der Waals surface area contributed by atoms with E-state index < -0.39 is 0 Å². The Balaban J connectivity index is 2.03. The van der Waals surface area contributed by atoms with Crippen molar-refractivity contribution in [3.05, 3.63) is 53.6 Å². The van der Waals surface area contributed by atoms with Gasteiger partial charge in [0.15, 0.2) is 0 Å². The van der Waals surface area contributed by atoms with Crippen LogP contribution in [0.1, 0.15) is 35.7 Å². The molecule has 0 aliphatic heterocycles. The summed E-state index contributed by atoms with van der Waals surface area (Å²) in [6.07, 6.45) is 3.42. The summed E-state index contributed by atoms with van der Waals surface area (Å²) in [5.74, 6) is -0.192. The predicted octanol–water partition coefficient (Wildman–Crippen LogP) is 3.45. The van der Waals surface area contributed by atoms with Gasteiger partial charge in [-0.05, 0) is 48.7 Å². The summed E-state index contributed by atoms with van der Waals surface area (Å²) in [4.78, 5) is 12.1. The number of anilines is 3. The SMILES string of the molecule is CCCCc1ccc(NC(=O)c2ccc(N)c(N)c2)cc1. The second kappa shape index (κ2) is 6.79. The van der Waals surface area contributed by atoms with Gasteiger partial charge in [0.1, 0.15) is 0 Å². The molecule has 1 amide bonds. The molecule has 0 aliphatic carbocycles. The van der Waals surface area contributed by atoms with Gasteiger partial charge in [0.05, 0.1) is 11.4 Å². The van der Waals surface area contributed by atoms with Crippen LogP contribution < -0.4 is 16.8 Å². The molecule has 0 radical (unpaired) electrons. The molecule has 4 nitrogen and oxygen atoms in total. The molecule has 0 heterocycles. The van der Waals surface area contributed by atoms with Crippen LogP contribution in [-0.4, -0.2) is 5.91 Å². The van der Waals surface area contributed by atoms with E-state index in [9.17, 15) is 4.79 Å². The molecule has 0 bridgehead atoms. The van der Waals surface area contributed by atoms with Crippen LogP contribution in [0.4, 0.5) is 17.1 Å². The summed E-state index contributed by atoms with van der Waals surface area (Å²) in [5.41, 5.74) is 14.8. The first-order chi connectivity index (χ1) is 10.1. The molecule has 5 N–H and O–H groups in total. The smallest absolute Gasteiger partial charge is 0.255 e. The normalized spacial score (nSPS) is 10.3. The molecule has 2 rings (SSSR count). The summed E-state index contributed by atoms with van der Waals surface area (Å²) in [7, 11) is 0. The molecule has 4 heteroatoms. The van der Waals surface area contributed by atoms with E-state index in [-0.39, 0.29) is 5.91 Å². The number of unbranched alkanes of at least 4 members (excludes halogenated alkanes) is 1. The molecule has 0 aliphatic rings. The topological polar surface area (TPSA) is 81.1 Å². The lowest BCUT2D eigenvalue weighted by atomic mass is 10.1. The largest absolute Gasteiger partial charge is 0.397 e. The second-order valence-electron chi connectivity index (χ2n) is 5.10. The minimum atomic E-state index is -0.192. The van der Waals surface area contributed by atoms with Gasteiger partial charge in [0, 0.05) is 11.3 Å². The Morgan fingerprint density at radius 1 is 1.05 bits per heavy atom. The maximum Gasteiger partial charge on any atom is 0.255 e. The minimum absolute atomic E-state index is 0.192. The van der Waals surface area contributed by atoms with Crippen molar-refractivity contribution in [3.8, 4) is 0 Å². The average molecular weight is 283 g/mol. The van der Waals surface area contributed by atoms with E-state index in [1.54, 1.807) is 18.2 Å². The lowest BCUT2D eigenvalue weighted by Crippen LogP contribution is -2.12. The molecule has 2 aromatic carbocycles. The van der Waals surface area contributed by atoms with Gasteiger partial charge in [-0.15, -0.1) is 0 Å². The second-order valence-corrected chi connectivity index (χ2v) is 5.10. The number of nitrogens with one attached hydrogen (secondary N) is 1. The summed E-state index contributed by atoms with van der Waals surface area (Å²) in [6, 6.07) is 12.8. The number of hydrogen-bond donors (Lipinski definition) is 3. The molecule has 110 valence electrons. The van der Waals surface area contributed by atoms with Gasteiger partial charge >= 0.3 is 0 Å². The molecular weight excluding hydrogens is 262 g/mol. The Bertz CT molecular complexity index is 620. The number of carbonyl (C=O) groups is 1. The van der Waals surface area contributed by atoms with Crippen molar-refractivity contribution < 1.29 is 4.79 Å². The molecule has 0 fully saturated rings. The van der Waals surface area contributed by atoms with Gasteiger partial charge < -0.3 is 16.8 Å². The summed E-state index contributed by atoms with van der Waals surface area (Å²) in [6.45, 7) is 2.17. The monoisotopic (exact) mass is 283 g/mol. The minimum Gasteiger partial charge on any atom is -0.397 e. The van der Waals surface area contributed by atoms with Crippen molar-refractivity contribution in [1.82, 2.24) is 0 Å². The Morgan fingerprint density at radius 2 is 1.76 bits per heavy atom. The van der Waals surface area contributed by atoms with E-state index in [1.165, 1.54) is 18.4 Å². The molecule has 21 heavy (non-hydrogen) atoms. The van der Waals surface area contributed by atoms with E-state index >= 15 is 0 Å². The third-order valence-electron chi connectivity index (χ3n) is 3.38. The Kier molecular flexibility index (Phi) is 4.82. The third-order valence-corrected chi connectivity index (χ3v) is 3.38. The fourth-order valence-corrected chi connectivity index (χ4v) is 2.05. The highest BCUT2D eigenvalue weighted by atomic mass is 16.1. The Hall–Kier alpha value is -2.49. The van der Waals surface area contributed by atoms with E-state index in [2.05, 4.69) is 12.2 Å². The number of carbonyl (C=O) groups excluding carboxylic acids is 1. The quantitative estimate of drug-likeness (QED) is 0.735. The maximum absolute atomic E-state index is 12.1. The zero-order chi connectivity index (χ0) is 15.2. The maximum atomic E-state index is 12.1. The lowest BCUT2D eigenvalue weighted by Gasteiger charge is -2.08. The van der Waals surface area contributed by atoms with Crippen LogP contribution in [0.15, 0.2) is 42.5 Å². The van der Waals surface area contributed by atoms with Gasteiger partial charge in [-0.2, -0.15) is 0 Å². The van der Waals surface area contributed by atoms with Crippen LogP contribution in [0, 0.1) is 0 Å². The number of benzene rings is 2. The Morgan fingerprint density at radius 3 is 2.38 bits per heavy atom. The molecule has 0 unspecified atom stereocenters. The molecule has 0 aromatic heterocycles. The fourth-order valence-electron chi connectivity index (χ4n) is 2.05. The van der Waals surface area contributed by atoms with Gasteiger partial charge in [0.2, 0.25) is 0 Å². The van der Waals surface area contributed by atoms with E-state index in [0.29, 0.717) is 16.9 Å². The predicted molar refractivity (Wildman–Crippen MR) is 88.3 cm³/mol. The van der Waals surface area contributed by atoms with Crippen molar-refractivity contribution in [2.75, 3.05) is 16.8 Å². The van der Waals surface area contributed by atoms with Gasteiger partial charge in [-0.1, -0.05) is 25.5 Å². The van der Waals surface area contributed by atoms with Crippen LogP contribution in [-0.2, 0) is 6.42 Å². The highest BCUT2D eigenvalue weighted by molar-refractivity contribution is 6.05. The molecule has 2 aromatic rings. The average Bonchev–Trinajstić information content (AvgIpc) is 2.49. The standard InChI is InChI=1S/C17H21N3O/c1-2-3-4-12-5-8-14(9-6-12)20-17(21)13-7-10-15(18)16(19)11-13/h5-11H,2-4,18-19H2,1H3,(H,20,21). The zero-order valence-electron chi connectivity index (χ0n) is 12.2. The van der Waals surface area contributed by atoms with Crippen LogP contribution in [0.3, 0.4) is 0 Å². The number of nitrogen functional groups attached to an aromatic ring is 2. The first-order valence-corrected chi connectivity index (χ1v) is 7.15. The highest BCUT2D eigenvalue weighted by Gasteiger charge is 2.07. The van der Waals surface area contributed by atoms with Crippen LogP contribution >= 0.6 is 0 Å². The highest BCUT2D eigenvalue weighted by Crippen LogP contribution is 2.18. The Labute approximate surface area is 125 Å². The molecular formula is C17H21N3O. The van der Waals surface area contributed by atoms with Gasteiger partial charge in [-0.25, -0.2) is 0 Å². The summed E-state index contributed by atoms with van der Waals surface area (Å²) < 4.78 is 0. The lowest BCUT2D eigenvalue weighted by molar-refractivity contribution is 0.102. The van der Waals surface area contributed by atoms with Crippen molar-refractivity contribution in [2.45, 2.75) is 26.2 Å². The number of amides is 1. The molecule has 0 spiro atoms. The van der Waals surface area contributed by atoms with E-state index in [4.69, 9.17) is 11.5 Å². The molecule has 0 saturated carbocycles. The molecule has 0 saturated heterocycles. The first-order valence-electron chi connectivity index (χ1n) is 7.15. The van der Waals surface area contributed by atoms with E-state index in [0.717, 1.165) is 12.1 Å².